The number of benzene rings is 1. The summed E-state index contributed by atoms with van der Waals surface area (Å²) >= 11 is 3.44. The standard InChI is InChI=1S/C23H22BrNO6/c1-2-28-23(27)21-20(19-15(26)7-5-9-17(19)31-22(21)25)18-11-10-13(30-18)12-29-16-8-4-3-6-14(16)24/h3-4,6,8,10-11,20H,2,5,7,9,12,25H2,1H3/t20-/m0/s1. The Kier molecular flexibility index (Phi) is 6.18. The van der Waals surface area contributed by atoms with Gasteiger partial charge in [0.25, 0.3) is 0 Å². The number of carbonyl (C=O) groups is 2. The summed E-state index contributed by atoms with van der Waals surface area (Å²) in [5, 5.41) is 0. The highest BCUT2D eigenvalue weighted by atomic mass is 79.9. The summed E-state index contributed by atoms with van der Waals surface area (Å²) in [6.07, 6.45) is 1.64. The minimum Gasteiger partial charge on any atom is -0.484 e. The third-order valence-electron chi connectivity index (χ3n) is 5.15. The molecule has 2 heterocycles. The van der Waals surface area contributed by atoms with Crippen molar-refractivity contribution in [2.24, 2.45) is 5.73 Å². The molecule has 0 fully saturated rings. The highest BCUT2D eigenvalue weighted by Crippen LogP contribution is 2.44. The lowest BCUT2D eigenvalue weighted by Gasteiger charge is -2.31. The van der Waals surface area contributed by atoms with E-state index in [2.05, 4.69) is 15.9 Å². The number of esters is 1. The minimum absolute atomic E-state index is 0.0562. The van der Waals surface area contributed by atoms with Gasteiger partial charge in [-0.3, -0.25) is 4.79 Å². The Morgan fingerprint density at radius 1 is 1.23 bits per heavy atom. The number of hydrogen-bond donors (Lipinski definition) is 1. The molecule has 1 aromatic carbocycles. The first-order valence-electron chi connectivity index (χ1n) is 10.1. The van der Waals surface area contributed by atoms with Crippen LogP contribution >= 0.6 is 15.9 Å². The number of Topliss-reactive ketones (excluding diaryl/α,β-unsaturated/α-hetero) is 1. The normalized spacial score (nSPS) is 18.5. The van der Waals surface area contributed by atoms with Gasteiger partial charge in [-0.15, -0.1) is 0 Å². The molecule has 0 amide bonds. The van der Waals surface area contributed by atoms with E-state index >= 15 is 0 Å². The molecule has 4 rings (SSSR count). The molecule has 8 heteroatoms. The van der Waals surface area contributed by atoms with Crippen LogP contribution < -0.4 is 10.5 Å². The summed E-state index contributed by atoms with van der Waals surface area (Å²) in [5.41, 5.74) is 6.59. The number of para-hydroxylation sites is 1. The molecule has 2 aliphatic rings. The van der Waals surface area contributed by atoms with Crippen LogP contribution in [-0.4, -0.2) is 18.4 Å². The van der Waals surface area contributed by atoms with Crippen molar-refractivity contribution >= 4 is 27.7 Å². The lowest BCUT2D eigenvalue weighted by Crippen LogP contribution is -2.31. The predicted octanol–water partition coefficient (Wildman–Crippen LogP) is 4.48. The quantitative estimate of drug-likeness (QED) is 0.599. The highest BCUT2D eigenvalue weighted by molar-refractivity contribution is 9.10. The molecule has 0 saturated heterocycles. The molecule has 1 atom stereocenters. The molecule has 1 aliphatic heterocycles. The zero-order valence-corrected chi connectivity index (χ0v) is 18.6. The second kappa shape index (κ2) is 9.01. The molecule has 2 aromatic rings. The second-order valence-corrected chi connectivity index (χ2v) is 8.02. The Balaban J connectivity index is 1.66. The van der Waals surface area contributed by atoms with Crippen molar-refractivity contribution in [3.8, 4) is 5.75 Å². The van der Waals surface area contributed by atoms with Crippen molar-refractivity contribution in [2.45, 2.75) is 38.7 Å². The molecule has 0 unspecified atom stereocenters. The second-order valence-electron chi connectivity index (χ2n) is 7.17. The summed E-state index contributed by atoms with van der Waals surface area (Å²) in [4.78, 5) is 25.5. The summed E-state index contributed by atoms with van der Waals surface area (Å²) in [6.45, 7) is 2.05. The van der Waals surface area contributed by atoms with Crippen molar-refractivity contribution in [3.05, 3.63) is 75.2 Å². The van der Waals surface area contributed by atoms with Crippen molar-refractivity contribution in [3.63, 3.8) is 0 Å². The Labute approximate surface area is 188 Å². The van der Waals surface area contributed by atoms with Crippen molar-refractivity contribution in [2.75, 3.05) is 6.61 Å². The van der Waals surface area contributed by atoms with E-state index in [9.17, 15) is 9.59 Å². The van der Waals surface area contributed by atoms with Crippen LogP contribution in [0.3, 0.4) is 0 Å². The van der Waals surface area contributed by atoms with E-state index < -0.39 is 11.9 Å². The highest BCUT2D eigenvalue weighted by Gasteiger charge is 2.42. The zero-order valence-electron chi connectivity index (χ0n) is 17.0. The summed E-state index contributed by atoms with van der Waals surface area (Å²) in [5.74, 6) is 0.601. The van der Waals surface area contributed by atoms with Crippen molar-refractivity contribution in [1.29, 1.82) is 0 Å². The van der Waals surface area contributed by atoms with Crippen LogP contribution in [-0.2, 0) is 25.7 Å². The smallest absolute Gasteiger partial charge is 0.340 e. The first-order chi connectivity index (χ1) is 15.0. The maximum absolute atomic E-state index is 12.8. The van der Waals surface area contributed by atoms with Crippen LogP contribution in [0.15, 0.2) is 68.1 Å². The van der Waals surface area contributed by atoms with Crippen molar-refractivity contribution < 1.29 is 28.2 Å². The van der Waals surface area contributed by atoms with E-state index in [1.54, 1.807) is 19.1 Å². The van der Waals surface area contributed by atoms with Gasteiger partial charge in [-0.25, -0.2) is 4.79 Å². The molecule has 0 spiro atoms. The topological polar surface area (TPSA) is 101 Å². The molecule has 2 N–H and O–H groups in total. The number of rotatable bonds is 6. The molecular weight excluding hydrogens is 466 g/mol. The lowest BCUT2D eigenvalue weighted by atomic mass is 9.79. The van der Waals surface area contributed by atoms with E-state index in [0.29, 0.717) is 47.9 Å². The first kappa shape index (κ1) is 21.2. The molecule has 1 aromatic heterocycles. The van der Waals surface area contributed by atoms with Crippen molar-refractivity contribution in [1.82, 2.24) is 0 Å². The first-order valence-corrected chi connectivity index (χ1v) is 10.9. The van der Waals surface area contributed by atoms with Crippen LogP contribution in [0.1, 0.15) is 43.6 Å². The fourth-order valence-electron chi connectivity index (χ4n) is 3.79. The number of halogens is 1. The van der Waals surface area contributed by atoms with E-state index in [4.69, 9.17) is 24.4 Å². The maximum Gasteiger partial charge on any atom is 0.340 e. The Morgan fingerprint density at radius 3 is 2.81 bits per heavy atom. The van der Waals surface area contributed by atoms with Gasteiger partial charge in [0, 0.05) is 18.4 Å². The number of ketones is 1. The number of hydrogen-bond acceptors (Lipinski definition) is 7. The Bertz CT molecular complexity index is 1080. The van der Waals surface area contributed by atoms with Gasteiger partial charge in [-0.05, 0) is 53.5 Å². The third-order valence-corrected chi connectivity index (χ3v) is 5.81. The predicted molar refractivity (Wildman–Crippen MR) is 115 cm³/mol. The van der Waals surface area contributed by atoms with Gasteiger partial charge < -0.3 is 24.4 Å². The van der Waals surface area contributed by atoms with E-state index in [0.717, 1.165) is 4.47 Å². The fourth-order valence-corrected chi connectivity index (χ4v) is 4.19. The molecule has 1 aliphatic carbocycles. The fraction of sp³-hybridized carbons (Fsp3) is 0.304. The van der Waals surface area contributed by atoms with Crippen LogP contribution in [0.2, 0.25) is 0 Å². The van der Waals surface area contributed by atoms with Gasteiger partial charge in [-0.1, -0.05) is 12.1 Å². The lowest BCUT2D eigenvalue weighted by molar-refractivity contribution is -0.139. The monoisotopic (exact) mass is 487 g/mol. The maximum atomic E-state index is 12.8. The largest absolute Gasteiger partial charge is 0.484 e. The number of carbonyl (C=O) groups excluding carboxylic acids is 2. The number of allylic oxidation sites excluding steroid dienone is 2. The Morgan fingerprint density at radius 2 is 2.03 bits per heavy atom. The summed E-state index contributed by atoms with van der Waals surface area (Å²) in [6, 6.07) is 11.0. The average Bonchev–Trinajstić information content (AvgIpc) is 3.21. The van der Waals surface area contributed by atoms with E-state index in [1.807, 2.05) is 24.3 Å². The molecule has 31 heavy (non-hydrogen) atoms. The van der Waals surface area contributed by atoms with E-state index in [-0.39, 0.29) is 30.5 Å². The van der Waals surface area contributed by atoms with Crippen LogP contribution in [0.5, 0.6) is 5.75 Å². The number of nitrogens with two attached hydrogens (primary N) is 1. The molecular formula is C23H22BrNO6. The third kappa shape index (κ3) is 4.25. The van der Waals surface area contributed by atoms with Crippen LogP contribution in [0, 0.1) is 0 Å². The van der Waals surface area contributed by atoms with Gasteiger partial charge in [0.2, 0.25) is 5.88 Å². The van der Waals surface area contributed by atoms with Gasteiger partial charge in [0.1, 0.15) is 35.2 Å². The Hall–Kier alpha value is -3.00. The van der Waals surface area contributed by atoms with Gasteiger partial charge in [-0.2, -0.15) is 0 Å². The van der Waals surface area contributed by atoms with Gasteiger partial charge >= 0.3 is 5.97 Å². The van der Waals surface area contributed by atoms with Crippen LogP contribution in [0.25, 0.3) is 0 Å². The van der Waals surface area contributed by atoms with Gasteiger partial charge in [0.15, 0.2) is 5.78 Å². The average molecular weight is 488 g/mol. The summed E-state index contributed by atoms with van der Waals surface area (Å²) in [7, 11) is 0. The molecule has 0 bridgehead atoms. The zero-order chi connectivity index (χ0) is 22.0. The van der Waals surface area contributed by atoms with E-state index in [1.165, 1.54) is 0 Å². The van der Waals surface area contributed by atoms with Crippen LogP contribution in [0.4, 0.5) is 0 Å². The molecule has 162 valence electrons. The molecule has 0 saturated carbocycles. The molecule has 7 nitrogen and oxygen atoms in total. The molecule has 0 radical (unpaired) electrons. The summed E-state index contributed by atoms with van der Waals surface area (Å²) < 4.78 is 23.5. The minimum atomic E-state index is -0.771. The van der Waals surface area contributed by atoms with Gasteiger partial charge in [0.05, 0.1) is 17.0 Å². The number of furan rings is 1. The SMILES string of the molecule is CCOC(=O)C1=C(N)OC2=C(C(=O)CCC2)[C@@H]1c1ccc(COc2ccccc2Br)o1. The number of ether oxygens (including phenoxy) is 3.